The van der Waals surface area contributed by atoms with Gasteiger partial charge in [-0.05, 0) is 36.6 Å². The van der Waals surface area contributed by atoms with Crippen LogP contribution in [0.2, 0.25) is 5.02 Å². The molecule has 6 nitrogen and oxygen atoms in total. The first-order valence-electron chi connectivity index (χ1n) is 9.30. The van der Waals surface area contributed by atoms with E-state index >= 15 is 0 Å². The minimum Gasteiger partial charge on any atom is -0.412 e. The van der Waals surface area contributed by atoms with Gasteiger partial charge in [0.2, 0.25) is 5.89 Å². The van der Waals surface area contributed by atoms with E-state index in [1.807, 2.05) is 24.3 Å². The van der Waals surface area contributed by atoms with Gasteiger partial charge in [-0.15, -0.1) is 10.2 Å². The van der Waals surface area contributed by atoms with Crippen molar-refractivity contribution in [1.29, 1.82) is 0 Å². The molecule has 0 saturated carbocycles. The van der Waals surface area contributed by atoms with E-state index in [0.717, 1.165) is 18.7 Å². The van der Waals surface area contributed by atoms with Crippen LogP contribution in [0.1, 0.15) is 29.1 Å². The number of rotatable bonds is 5. The zero-order valence-corrected chi connectivity index (χ0v) is 16.4. The van der Waals surface area contributed by atoms with Gasteiger partial charge in [0.05, 0.1) is 10.6 Å². The van der Waals surface area contributed by atoms with Gasteiger partial charge in [-0.2, -0.15) is 0 Å². The Bertz CT molecular complexity index is 982. The van der Waals surface area contributed by atoms with E-state index in [2.05, 4.69) is 27.2 Å². The third-order valence-electron chi connectivity index (χ3n) is 4.90. The van der Waals surface area contributed by atoms with Crippen molar-refractivity contribution in [3.05, 3.63) is 65.0 Å². The van der Waals surface area contributed by atoms with Crippen molar-refractivity contribution in [3.63, 3.8) is 0 Å². The van der Waals surface area contributed by atoms with Crippen LogP contribution in [0.4, 0.5) is 5.69 Å². The second-order valence-electron chi connectivity index (χ2n) is 6.88. The molecule has 1 aliphatic rings. The van der Waals surface area contributed by atoms with E-state index in [1.165, 1.54) is 18.5 Å². The lowest BCUT2D eigenvalue weighted by molar-refractivity contribution is 0.0746. The van der Waals surface area contributed by atoms with E-state index in [4.69, 9.17) is 16.0 Å². The van der Waals surface area contributed by atoms with Gasteiger partial charge >= 0.3 is 11.8 Å². The fourth-order valence-electron chi connectivity index (χ4n) is 3.45. The average molecular weight is 397 g/mol. The third-order valence-corrected chi connectivity index (χ3v) is 5.23. The van der Waals surface area contributed by atoms with Crippen molar-refractivity contribution in [1.82, 2.24) is 15.1 Å². The summed E-state index contributed by atoms with van der Waals surface area (Å²) in [6, 6.07) is 15.4. The van der Waals surface area contributed by atoms with Gasteiger partial charge in [-0.1, -0.05) is 41.9 Å². The summed E-state index contributed by atoms with van der Waals surface area (Å²) in [7, 11) is 1.74. The van der Waals surface area contributed by atoms with Crippen molar-refractivity contribution < 1.29 is 9.21 Å². The molecule has 1 aliphatic heterocycles. The minimum absolute atomic E-state index is 0.0453. The number of carbonyl (C=O) groups excluding carboxylic acids is 1. The lowest BCUT2D eigenvalue weighted by Crippen LogP contribution is -2.28. The Balaban J connectivity index is 1.51. The maximum atomic E-state index is 12.8. The monoisotopic (exact) mass is 396 g/mol. The zero-order valence-electron chi connectivity index (χ0n) is 15.6. The zero-order chi connectivity index (χ0) is 19.5. The lowest BCUT2D eigenvalue weighted by atomic mass is 10.1. The predicted molar refractivity (Wildman–Crippen MR) is 108 cm³/mol. The molecule has 0 aliphatic carbocycles. The predicted octanol–water partition coefficient (Wildman–Crippen LogP) is 4.26. The molecule has 0 N–H and O–H groups in total. The van der Waals surface area contributed by atoms with Gasteiger partial charge in [0.25, 0.3) is 0 Å². The van der Waals surface area contributed by atoms with Crippen LogP contribution in [-0.4, -0.2) is 41.1 Å². The highest BCUT2D eigenvalue weighted by Gasteiger charge is 2.22. The highest BCUT2D eigenvalue weighted by molar-refractivity contribution is 6.33. The molecular weight excluding hydrogens is 376 g/mol. The average Bonchev–Trinajstić information content (AvgIpc) is 3.40. The number of anilines is 1. The fraction of sp³-hybridized carbons (Fsp3) is 0.286. The second-order valence-corrected chi connectivity index (χ2v) is 7.28. The van der Waals surface area contributed by atoms with Crippen LogP contribution in [-0.2, 0) is 6.54 Å². The minimum atomic E-state index is -0.318. The van der Waals surface area contributed by atoms with Gasteiger partial charge in [0.1, 0.15) is 0 Å². The SMILES string of the molecule is CN(Cc1ccccc1N1CCCC1)C(=O)c1nnc(-c2ccccc2Cl)o1. The quantitative estimate of drug-likeness (QED) is 0.644. The molecule has 0 atom stereocenters. The van der Waals surface area contributed by atoms with E-state index in [1.54, 1.807) is 24.1 Å². The molecule has 28 heavy (non-hydrogen) atoms. The summed E-state index contributed by atoms with van der Waals surface area (Å²) in [5.41, 5.74) is 2.89. The molecule has 0 radical (unpaired) electrons. The summed E-state index contributed by atoms with van der Waals surface area (Å²) < 4.78 is 5.59. The van der Waals surface area contributed by atoms with E-state index < -0.39 is 0 Å². The van der Waals surface area contributed by atoms with Gasteiger partial charge < -0.3 is 14.2 Å². The van der Waals surface area contributed by atoms with Crippen LogP contribution < -0.4 is 4.90 Å². The van der Waals surface area contributed by atoms with Crippen LogP contribution >= 0.6 is 11.6 Å². The highest BCUT2D eigenvalue weighted by atomic mass is 35.5. The van der Waals surface area contributed by atoms with E-state index in [0.29, 0.717) is 17.1 Å². The summed E-state index contributed by atoms with van der Waals surface area (Å²) in [5.74, 6) is -0.127. The molecule has 7 heteroatoms. The Morgan fingerprint density at radius 2 is 1.82 bits per heavy atom. The molecule has 2 heterocycles. The molecule has 1 fully saturated rings. The molecule has 0 unspecified atom stereocenters. The lowest BCUT2D eigenvalue weighted by Gasteiger charge is -2.24. The molecule has 1 saturated heterocycles. The van der Waals surface area contributed by atoms with Crippen LogP contribution in [0.15, 0.2) is 52.9 Å². The number of halogens is 1. The molecular formula is C21H21ClN4O2. The van der Waals surface area contributed by atoms with Gasteiger partial charge in [-0.3, -0.25) is 4.79 Å². The van der Waals surface area contributed by atoms with Crippen molar-refractivity contribution in [2.24, 2.45) is 0 Å². The third kappa shape index (κ3) is 3.73. The number of carbonyl (C=O) groups is 1. The molecule has 4 rings (SSSR count). The number of amides is 1. The Morgan fingerprint density at radius 3 is 2.61 bits per heavy atom. The normalized spacial score (nSPS) is 13.7. The van der Waals surface area contributed by atoms with Gasteiger partial charge in [0, 0.05) is 32.4 Å². The van der Waals surface area contributed by atoms with E-state index in [-0.39, 0.29) is 17.7 Å². The summed E-state index contributed by atoms with van der Waals surface area (Å²) in [5, 5.41) is 8.40. The topological polar surface area (TPSA) is 62.5 Å². The summed E-state index contributed by atoms with van der Waals surface area (Å²) in [6.45, 7) is 2.58. The molecule has 0 spiro atoms. The number of hydrogen-bond donors (Lipinski definition) is 0. The van der Waals surface area contributed by atoms with Crippen molar-refractivity contribution >= 4 is 23.2 Å². The van der Waals surface area contributed by atoms with Crippen molar-refractivity contribution in [2.75, 3.05) is 25.0 Å². The first kappa shape index (κ1) is 18.5. The van der Waals surface area contributed by atoms with Gasteiger partial charge in [-0.25, -0.2) is 0 Å². The first-order chi connectivity index (χ1) is 13.6. The van der Waals surface area contributed by atoms with Crippen LogP contribution in [0.3, 0.4) is 0 Å². The smallest absolute Gasteiger partial charge is 0.311 e. The maximum absolute atomic E-state index is 12.8. The van der Waals surface area contributed by atoms with Crippen molar-refractivity contribution in [3.8, 4) is 11.5 Å². The molecule has 1 aromatic heterocycles. The van der Waals surface area contributed by atoms with Crippen LogP contribution in [0.5, 0.6) is 0 Å². The molecule has 2 aromatic carbocycles. The van der Waals surface area contributed by atoms with Crippen LogP contribution in [0, 0.1) is 0 Å². The molecule has 1 amide bonds. The molecule has 144 valence electrons. The maximum Gasteiger partial charge on any atom is 0.311 e. The summed E-state index contributed by atoms with van der Waals surface area (Å²) in [6.07, 6.45) is 2.41. The Hall–Kier alpha value is -2.86. The summed E-state index contributed by atoms with van der Waals surface area (Å²) in [4.78, 5) is 16.8. The Kier molecular flexibility index (Phi) is 5.30. The highest BCUT2D eigenvalue weighted by Crippen LogP contribution is 2.28. The fourth-order valence-corrected chi connectivity index (χ4v) is 3.67. The number of hydrogen-bond acceptors (Lipinski definition) is 5. The standard InChI is InChI=1S/C21H21ClN4O2/c1-25(14-15-8-2-5-11-18(15)26-12-6-7-13-26)21(27)20-24-23-19(28-20)16-9-3-4-10-17(16)22/h2-5,8-11H,6-7,12-14H2,1H3. The number of benzene rings is 2. The number of para-hydroxylation sites is 1. The van der Waals surface area contributed by atoms with Crippen molar-refractivity contribution in [2.45, 2.75) is 19.4 Å². The molecule has 3 aromatic rings. The number of nitrogens with zero attached hydrogens (tertiary/aromatic N) is 4. The van der Waals surface area contributed by atoms with Gasteiger partial charge in [0.15, 0.2) is 0 Å². The molecule has 0 bridgehead atoms. The number of aromatic nitrogens is 2. The summed E-state index contributed by atoms with van der Waals surface area (Å²) >= 11 is 6.17. The Morgan fingerprint density at radius 1 is 1.11 bits per heavy atom. The first-order valence-corrected chi connectivity index (χ1v) is 9.68. The Labute approximate surface area is 168 Å². The van der Waals surface area contributed by atoms with E-state index in [9.17, 15) is 4.79 Å². The largest absolute Gasteiger partial charge is 0.412 e. The second kappa shape index (κ2) is 8.02. The van der Waals surface area contributed by atoms with Crippen LogP contribution in [0.25, 0.3) is 11.5 Å².